The Balaban J connectivity index is 2.70. The Morgan fingerprint density at radius 3 is 2.00 bits per heavy atom. The first-order valence-corrected chi connectivity index (χ1v) is 6.69. The Morgan fingerprint density at radius 2 is 1.53 bits per heavy atom. The van der Waals surface area contributed by atoms with Crippen LogP contribution in [0, 0.1) is 16.7 Å². The van der Waals surface area contributed by atoms with E-state index in [2.05, 4.69) is 41.8 Å². The van der Waals surface area contributed by atoms with Crippen LogP contribution >= 0.6 is 0 Å². The monoisotopic (exact) mass is 207 g/mol. The van der Waals surface area contributed by atoms with Gasteiger partial charge in [-0.2, -0.15) is 0 Å². The second-order valence-corrected chi connectivity index (χ2v) is 6.55. The lowest BCUT2D eigenvalue weighted by Gasteiger charge is -2.49. The van der Waals surface area contributed by atoms with Crippen LogP contribution in [0.15, 0.2) is 0 Å². The molecule has 0 aromatic heterocycles. The summed E-state index contributed by atoms with van der Waals surface area (Å²) in [5, 5.41) is 0. The van der Waals surface area contributed by atoms with Gasteiger partial charge in [0.05, 0.1) is 0 Å². The molecule has 0 atom stereocenters. The maximum atomic E-state index is 2.49. The highest BCUT2D eigenvalue weighted by Crippen LogP contribution is 2.51. The van der Waals surface area contributed by atoms with E-state index < -0.39 is 0 Å². The largest absolute Gasteiger partial charge is 0.106 e. The Hall–Kier alpha value is 0.0649. The zero-order valence-electron chi connectivity index (χ0n) is 11.4. The fraction of sp³-hybridized carbons (Fsp3) is 1.00. The van der Waals surface area contributed by atoms with Crippen LogP contribution < -0.4 is 0 Å². The van der Waals surface area contributed by atoms with Crippen molar-refractivity contribution in [3.05, 3.63) is 0 Å². The summed E-state index contributed by atoms with van der Waals surface area (Å²) < 4.78 is 0. The molecule has 0 saturated heterocycles. The molecule has 0 aromatic rings. The highest BCUT2D eigenvalue weighted by molar-refractivity contribution is 6.33. The second-order valence-electron chi connectivity index (χ2n) is 6.55. The van der Waals surface area contributed by atoms with Gasteiger partial charge in [-0.1, -0.05) is 60.1 Å². The maximum Gasteiger partial charge on any atom is 0.106 e. The Labute approximate surface area is 97.5 Å². The van der Waals surface area contributed by atoms with Crippen molar-refractivity contribution >= 4 is 7.28 Å². The van der Waals surface area contributed by atoms with Crippen LogP contribution in [0.1, 0.15) is 59.8 Å². The van der Waals surface area contributed by atoms with Crippen molar-refractivity contribution in [2.24, 2.45) is 16.7 Å². The third kappa shape index (κ3) is 2.79. The van der Waals surface area contributed by atoms with Gasteiger partial charge in [-0.15, -0.1) is 0 Å². The molecular weight excluding hydrogens is 179 g/mol. The summed E-state index contributed by atoms with van der Waals surface area (Å²) >= 11 is 0. The topological polar surface area (TPSA) is 0 Å². The van der Waals surface area contributed by atoms with Crippen LogP contribution in [-0.4, -0.2) is 7.28 Å². The number of hydrogen-bond donors (Lipinski definition) is 0. The Kier molecular flexibility index (Phi) is 4.32. The molecule has 0 N–H and O–H groups in total. The van der Waals surface area contributed by atoms with Crippen LogP contribution in [0.5, 0.6) is 0 Å². The van der Waals surface area contributed by atoms with Gasteiger partial charge in [0.1, 0.15) is 7.28 Å². The van der Waals surface area contributed by atoms with Gasteiger partial charge in [-0.3, -0.25) is 0 Å². The van der Waals surface area contributed by atoms with Gasteiger partial charge >= 0.3 is 0 Å². The predicted octanol–water partition coefficient (Wildman–Crippen LogP) is 4.79. The molecule has 0 amide bonds. The SMILES string of the molecule is C[B]CC(C)(C)C(C)(C)C1CCCCC1. The van der Waals surface area contributed by atoms with Crippen LogP contribution in [0.4, 0.5) is 0 Å². The highest BCUT2D eigenvalue weighted by atomic mass is 14.5. The van der Waals surface area contributed by atoms with Crippen molar-refractivity contribution in [1.82, 2.24) is 0 Å². The molecule has 0 aromatic carbocycles. The van der Waals surface area contributed by atoms with Crippen molar-refractivity contribution < 1.29 is 0 Å². The van der Waals surface area contributed by atoms with E-state index in [0.717, 1.165) is 5.92 Å². The third-order valence-electron chi connectivity index (χ3n) is 5.08. The fourth-order valence-corrected chi connectivity index (χ4v) is 3.15. The highest BCUT2D eigenvalue weighted by Gasteiger charge is 2.42. The molecule has 1 aliphatic carbocycles. The molecule has 87 valence electrons. The average molecular weight is 207 g/mol. The van der Waals surface area contributed by atoms with Crippen molar-refractivity contribution in [3.8, 4) is 0 Å². The summed E-state index contributed by atoms with van der Waals surface area (Å²) in [5.41, 5.74) is 0.934. The van der Waals surface area contributed by atoms with Crippen LogP contribution in [0.3, 0.4) is 0 Å². The standard InChI is InChI=1S/C14H28B/c1-13(2,11-15-5)14(3,4)12-9-7-6-8-10-12/h12H,6-11H2,1-5H3. The van der Waals surface area contributed by atoms with Gasteiger partial charge in [0.2, 0.25) is 0 Å². The molecule has 1 rings (SSSR count). The van der Waals surface area contributed by atoms with E-state index >= 15 is 0 Å². The molecule has 1 heteroatoms. The zero-order valence-corrected chi connectivity index (χ0v) is 11.4. The summed E-state index contributed by atoms with van der Waals surface area (Å²) in [6.07, 6.45) is 8.55. The number of rotatable bonds is 4. The first-order chi connectivity index (χ1) is 6.92. The minimum Gasteiger partial charge on any atom is -0.0920 e. The minimum absolute atomic E-state index is 0.448. The lowest BCUT2D eigenvalue weighted by molar-refractivity contribution is 0.0329. The fourth-order valence-electron chi connectivity index (χ4n) is 3.15. The molecule has 0 aliphatic heterocycles. The van der Waals surface area contributed by atoms with E-state index in [1.54, 1.807) is 0 Å². The quantitative estimate of drug-likeness (QED) is 0.581. The van der Waals surface area contributed by atoms with Crippen LogP contribution in [0.2, 0.25) is 13.1 Å². The first-order valence-electron chi connectivity index (χ1n) is 6.69. The van der Waals surface area contributed by atoms with Crippen molar-refractivity contribution in [1.29, 1.82) is 0 Å². The molecule has 1 fully saturated rings. The second kappa shape index (κ2) is 4.93. The molecule has 1 saturated carbocycles. The molecule has 0 nitrogen and oxygen atoms in total. The van der Waals surface area contributed by atoms with Crippen molar-refractivity contribution in [2.45, 2.75) is 72.9 Å². The molecule has 0 unspecified atom stereocenters. The smallest absolute Gasteiger partial charge is 0.0920 e. The molecule has 1 aliphatic rings. The third-order valence-corrected chi connectivity index (χ3v) is 5.08. The maximum absolute atomic E-state index is 2.49. The normalized spacial score (nSPS) is 20.3. The summed E-state index contributed by atoms with van der Waals surface area (Å²) in [6, 6.07) is 0. The molecule has 15 heavy (non-hydrogen) atoms. The van der Waals surface area contributed by atoms with E-state index in [0.29, 0.717) is 10.8 Å². The molecule has 0 heterocycles. The van der Waals surface area contributed by atoms with E-state index in [4.69, 9.17) is 0 Å². The van der Waals surface area contributed by atoms with Crippen LogP contribution in [-0.2, 0) is 0 Å². The molecule has 1 radical (unpaired) electrons. The van der Waals surface area contributed by atoms with E-state index in [-0.39, 0.29) is 0 Å². The molecular formula is C14H28B. The van der Waals surface area contributed by atoms with Gasteiger partial charge in [-0.25, -0.2) is 0 Å². The lowest BCUT2D eigenvalue weighted by atomic mass is 9.51. The zero-order chi connectivity index (χ0) is 11.5. The predicted molar refractivity (Wildman–Crippen MR) is 70.6 cm³/mol. The summed E-state index contributed by atoms with van der Waals surface area (Å²) in [4.78, 5) is 0. The van der Waals surface area contributed by atoms with Gasteiger partial charge in [-0.05, 0) is 29.6 Å². The Bertz CT molecular complexity index is 188. The van der Waals surface area contributed by atoms with E-state index in [9.17, 15) is 0 Å². The van der Waals surface area contributed by atoms with E-state index in [1.165, 1.54) is 38.4 Å². The van der Waals surface area contributed by atoms with Crippen LogP contribution in [0.25, 0.3) is 0 Å². The van der Waals surface area contributed by atoms with Gasteiger partial charge < -0.3 is 0 Å². The lowest BCUT2D eigenvalue weighted by Crippen LogP contribution is -2.40. The van der Waals surface area contributed by atoms with Crippen molar-refractivity contribution in [2.75, 3.05) is 0 Å². The van der Waals surface area contributed by atoms with Gasteiger partial charge in [0.25, 0.3) is 0 Å². The molecule has 0 bridgehead atoms. The summed E-state index contributed by atoms with van der Waals surface area (Å²) in [7, 11) is 2.34. The Morgan fingerprint density at radius 1 is 1.00 bits per heavy atom. The minimum atomic E-state index is 0.448. The van der Waals surface area contributed by atoms with Crippen molar-refractivity contribution in [3.63, 3.8) is 0 Å². The molecule has 0 spiro atoms. The average Bonchev–Trinajstić information content (AvgIpc) is 2.19. The van der Waals surface area contributed by atoms with Gasteiger partial charge in [0.15, 0.2) is 0 Å². The number of hydrogen-bond acceptors (Lipinski definition) is 0. The first kappa shape index (κ1) is 13.1. The van der Waals surface area contributed by atoms with Gasteiger partial charge in [0, 0.05) is 0 Å². The van der Waals surface area contributed by atoms with E-state index in [1.807, 2.05) is 0 Å². The summed E-state index contributed by atoms with van der Waals surface area (Å²) in [5.74, 6) is 0.946. The summed E-state index contributed by atoms with van der Waals surface area (Å²) in [6.45, 7) is 12.1.